The first kappa shape index (κ1) is 18.6. The predicted octanol–water partition coefficient (Wildman–Crippen LogP) is 2.39. The van der Waals surface area contributed by atoms with Gasteiger partial charge in [0, 0.05) is 45.8 Å². The lowest BCUT2D eigenvalue weighted by Gasteiger charge is -2.15. The topological polar surface area (TPSA) is 40.5 Å². The highest BCUT2D eigenvalue weighted by molar-refractivity contribution is 8.03. The van der Waals surface area contributed by atoms with Crippen LogP contribution in [0.2, 0.25) is 0 Å². The summed E-state index contributed by atoms with van der Waals surface area (Å²) >= 11 is 16.5. The minimum atomic E-state index is -0.290. The largest absolute Gasteiger partial charge is 0.396 e. The number of hydrogen-bond donors (Lipinski definition) is 2. The minimum Gasteiger partial charge on any atom is -0.396 e. The van der Waals surface area contributed by atoms with Crippen LogP contribution in [0.1, 0.15) is 0 Å². The molecule has 0 bridgehead atoms. The summed E-state index contributed by atoms with van der Waals surface area (Å²) in [7, 11) is 0. The van der Waals surface area contributed by atoms with Crippen LogP contribution >= 0.6 is 58.5 Å². The van der Waals surface area contributed by atoms with Gasteiger partial charge in [-0.05, 0) is 0 Å². The van der Waals surface area contributed by atoms with Crippen LogP contribution in [0.4, 0.5) is 0 Å². The molecule has 0 saturated heterocycles. The van der Waals surface area contributed by atoms with E-state index in [2.05, 4.69) is 0 Å². The second-order valence-corrected chi connectivity index (χ2v) is 7.65. The Kier molecular flexibility index (Phi) is 15.2. The van der Waals surface area contributed by atoms with E-state index in [4.69, 9.17) is 28.3 Å². The molecule has 0 aliphatic carbocycles. The normalized spacial score (nSPS) is 14.8. The van der Waals surface area contributed by atoms with Gasteiger partial charge in [0.2, 0.25) is 0 Å². The molecular weight excluding hydrogens is 319 g/mol. The van der Waals surface area contributed by atoms with E-state index in [1.54, 1.807) is 35.3 Å². The number of halogens is 2. The summed E-state index contributed by atoms with van der Waals surface area (Å²) in [6.07, 6.45) is -0.290. The maximum atomic E-state index is 9.72. The highest BCUT2D eigenvalue weighted by Crippen LogP contribution is 2.20. The van der Waals surface area contributed by atoms with Crippen molar-refractivity contribution in [2.45, 2.75) is 11.4 Å². The van der Waals surface area contributed by atoms with Gasteiger partial charge in [0.25, 0.3) is 0 Å². The Labute approximate surface area is 127 Å². The van der Waals surface area contributed by atoms with Gasteiger partial charge in [-0.15, -0.1) is 23.2 Å². The van der Waals surface area contributed by atoms with Crippen molar-refractivity contribution in [3.63, 3.8) is 0 Å². The summed E-state index contributed by atoms with van der Waals surface area (Å²) in [6, 6.07) is 0. The summed E-state index contributed by atoms with van der Waals surface area (Å²) in [4.78, 5) is 0. The molecule has 0 aromatic heterocycles. The second kappa shape index (κ2) is 14.0. The number of aliphatic hydroxyl groups is 2. The van der Waals surface area contributed by atoms with Gasteiger partial charge >= 0.3 is 0 Å². The summed E-state index contributed by atoms with van der Waals surface area (Å²) in [5.41, 5.74) is 0. The van der Waals surface area contributed by atoms with Crippen LogP contribution in [0.3, 0.4) is 0 Å². The van der Waals surface area contributed by atoms with Crippen molar-refractivity contribution in [3.8, 4) is 0 Å². The molecule has 0 aromatic rings. The lowest BCUT2D eigenvalue weighted by Crippen LogP contribution is -2.18. The van der Waals surface area contributed by atoms with Gasteiger partial charge in [-0.1, -0.05) is 0 Å². The lowest BCUT2D eigenvalue weighted by atomic mass is 10.5. The van der Waals surface area contributed by atoms with Crippen molar-refractivity contribution in [1.29, 1.82) is 0 Å². The van der Waals surface area contributed by atoms with Crippen LogP contribution in [-0.2, 0) is 0 Å². The molecule has 0 saturated carbocycles. The maximum absolute atomic E-state index is 9.72. The molecule has 2 atom stereocenters. The monoisotopic (exact) mass is 338 g/mol. The number of hydrogen-bond acceptors (Lipinski definition) is 5. The van der Waals surface area contributed by atoms with E-state index in [1.807, 2.05) is 0 Å². The van der Waals surface area contributed by atoms with Crippen molar-refractivity contribution in [3.05, 3.63) is 0 Å². The van der Waals surface area contributed by atoms with Gasteiger partial charge in [-0.3, -0.25) is 0 Å². The molecule has 2 N–H and O–H groups in total. The molecule has 0 aromatic carbocycles. The maximum Gasteiger partial charge on any atom is 0.0720 e. The van der Waals surface area contributed by atoms with Gasteiger partial charge in [0.05, 0.1) is 12.7 Å². The molecule has 7 heteroatoms. The molecule has 0 aliphatic heterocycles. The molecule has 0 fully saturated rings. The molecule has 2 nitrogen and oxygen atoms in total. The number of rotatable bonds is 12. The van der Waals surface area contributed by atoms with Crippen LogP contribution in [0.25, 0.3) is 0 Å². The standard InChI is InChI=1S/C10H20Cl2O2S3/c11-1-3-15-6-9(14)7-17-10(5-12)8-16-4-2-13/h9-10,13-14H,1-8H2. The average Bonchev–Trinajstić information content (AvgIpc) is 2.34. The van der Waals surface area contributed by atoms with E-state index in [0.29, 0.717) is 22.8 Å². The van der Waals surface area contributed by atoms with E-state index in [9.17, 15) is 5.11 Å². The zero-order valence-corrected chi connectivity index (χ0v) is 13.6. The molecule has 104 valence electrons. The molecular formula is C10H20Cl2O2S3. The molecule has 0 spiro atoms. The van der Waals surface area contributed by atoms with Crippen LogP contribution < -0.4 is 0 Å². The Morgan fingerprint density at radius 1 is 1.00 bits per heavy atom. The van der Waals surface area contributed by atoms with E-state index in [1.165, 1.54) is 0 Å². The zero-order chi connectivity index (χ0) is 12.9. The quantitative estimate of drug-likeness (QED) is 0.422. The van der Waals surface area contributed by atoms with Crippen LogP contribution in [0.5, 0.6) is 0 Å². The Bertz CT molecular complexity index is 166. The third-order valence-corrected chi connectivity index (χ3v) is 6.55. The molecule has 0 rings (SSSR count). The molecule has 0 radical (unpaired) electrons. The average molecular weight is 339 g/mol. The fourth-order valence-corrected chi connectivity index (χ4v) is 4.69. The van der Waals surface area contributed by atoms with Gasteiger partial charge in [-0.2, -0.15) is 35.3 Å². The van der Waals surface area contributed by atoms with Gasteiger partial charge in [-0.25, -0.2) is 0 Å². The Balaban J connectivity index is 3.52. The van der Waals surface area contributed by atoms with Crippen molar-refractivity contribution in [2.75, 3.05) is 47.1 Å². The molecule has 0 heterocycles. The first-order valence-corrected chi connectivity index (χ1v) is 9.85. The first-order chi connectivity index (χ1) is 8.24. The second-order valence-electron chi connectivity index (χ2n) is 3.33. The minimum absolute atomic E-state index is 0.210. The fraction of sp³-hybridized carbons (Fsp3) is 1.00. The summed E-state index contributed by atoms with van der Waals surface area (Å²) < 4.78 is 0. The number of thioether (sulfide) groups is 3. The number of aliphatic hydroxyl groups excluding tert-OH is 2. The molecule has 0 amide bonds. The highest BCUT2D eigenvalue weighted by atomic mass is 35.5. The van der Waals surface area contributed by atoms with E-state index < -0.39 is 0 Å². The van der Waals surface area contributed by atoms with Gasteiger partial charge < -0.3 is 10.2 Å². The fourth-order valence-electron chi connectivity index (χ4n) is 0.986. The smallest absolute Gasteiger partial charge is 0.0720 e. The molecule has 0 aliphatic rings. The van der Waals surface area contributed by atoms with Crippen molar-refractivity contribution >= 4 is 58.5 Å². The molecule has 17 heavy (non-hydrogen) atoms. The third-order valence-electron chi connectivity index (χ3n) is 1.77. The summed E-state index contributed by atoms with van der Waals surface area (Å²) in [6.45, 7) is 0.210. The Morgan fingerprint density at radius 3 is 2.29 bits per heavy atom. The van der Waals surface area contributed by atoms with Gasteiger partial charge in [0.1, 0.15) is 0 Å². The predicted molar refractivity (Wildman–Crippen MR) is 85.4 cm³/mol. The highest BCUT2D eigenvalue weighted by Gasteiger charge is 2.11. The van der Waals surface area contributed by atoms with Crippen molar-refractivity contribution in [1.82, 2.24) is 0 Å². The summed E-state index contributed by atoms with van der Waals surface area (Å²) in [5, 5.41) is 18.7. The molecule has 2 unspecified atom stereocenters. The zero-order valence-electron chi connectivity index (χ0n) is 9.69. The van der Waals surface area contributed by atoms with E-state index >= 15 is 0 Å². The Hall–Kier alpha value is 1.55. The lowest BCUT2D eigenvalue weighted by molar-refractivity contribution is 0.225. The van der Waals surface area contributed by atoms with Crippen LogP contribution in [0.15, 0.2) is 0 Å². The summed E-state index contributed by atoms with van der Waals surface area (Å²) in [5.74, 6) is 5.23. The SMILES string of the molecule is OCCSCC(CCl)SCC(O)CSCCCl. The first-order valence-electron chi connectivity index (χ1n) is 5.42. The van der Waals surface area contributed by atoms with E-state index in [-0.39, 0.29) is 12.7 Å². The van der Waals surface area contributed by atoms with Crippen molar-refractivity contribution in [2.24, 2.45) is 0 Å². The van der Waals surface area contributed by atoms with Crippen LogP contribution in [-0.4, -0.2) is 68.7 Å². The number of alkyl halides is 2. The Morgan fingerprint density at radius 2 is 1.71 bits per heavy atom. The van der Waals surface area contributed by atoms with Gasteiger partial charge in [0.15, 0.2) is 0 Å². The third kappa shape index (κ3) is 12.3. The van der Waals surface area contributed by atoms with Crippen molar-refractivity contribution < 1.29 is 10.2 Å². The van der Waals surface area contributed by atoms with Crippen LogP contribution in [0, 0.1) is 0 Å². The van der Waals surface area contributed by atoms with E-state index in [0.717, 1.165) is 23.0 Å².